The van der Waals surface area contributed by atoms with Crippen LogP contribution in [-0.4, -0.2) is 34.5 Å². The maximum atomic E-state index is 11.2. The van der Waals surface area contributed by atoms with Crippen molar-refractivity contribution in [3.8, 4) is 0 Å². The summed E-state index contributed by atoms with van der Waals surface area (Å²) in [6.07, 6.45) is 0. The van der Waals surface area contributed by atoms with Crippen LogP contribution in [0.2, 0.25) is 0 Å². The topological polar surface area (TPSA) is 85.4 Å². The standard InChI is InChI=1S/C9H14N2O3S2/c1-5-6(16-8(10)11-5)15-4-9(2,13)7(12)14-3/h13H,4H2,1-3H3,(H2,10,11). The van der Waals surface area contributed by atoms with Gasteiger partial charge in [-0.25, -0.2) is 9.78 Å². The number of thioether (sulfide) groups is 1. The van der Waals surface area contributed by atoms with Gasteiger partial charge in [-0.15, -0.1) is 11.8 Å². The van der Waals surface area contributed by atoms with E-state index in [4.69, 9.17) is 5.73 Å². The van der Waals surface area contributed by atoms with Crippen molar-refractivity contribution in [1.82, 2.24) is 4.98 Å². The zero-order chi connectivity index (χ0) is 12.3. The summed E-state index contributed by atoms with van der Waals surface area (Å²) >= 11 is 2.68. The molecule has 0 bridgehead atoms. The molecule has 0 fully saturated rings. The quantitative estimate of drug-likeness (QED) is 0.623. The van der Waals surface area contributed by atoms with Crippen LogP contribution in [0.1, 0.15) is 12.6 Å². The first-order valence-corrected chi connectivity index (χ1v) is 6.33. The van der Waals surface area contributed by atoms with Crippen LogP contribution in [0.3, 0.4) is 0 Å². The minimum Gasteiger partial charge on any atom is -0.467 e. The zero-order valence-electron chi connectivity index (χ0n) is 9.31. The number of methoxy groups -OCH3 is 1. The lowest BCUT2D eigenvalue weighted by molar-refractivity contribution is -0.158. The van der Waals surface area contributed by atoms with Crippen molar-refractivity contribution < 1.29 is 14.6 Å². The number of ether oxygens (including phenoxy) is 1. The van der Waals surface area contributed by atoms with E-state index < -0.39 is 11.6 Å². The molecule has 0 aliphatic heterocycles. The maximum absolute atomic E-state index is 11.2. The van der Waals surface area contributed by atoms with E-state index >= 15 is 0 Å². The first-order valence-electron chi connectivity index (χ1n) is 4.53. The van der Waals surface area contributed by atoms with E-state index in [2.05, 4.69) is 9.72 Å². The van der Waals surface area contributed by atoms with Crippen LogP contribution in [0.5, 0.6) is 0 Å². The third-order valence-electron chi connectivity index (χ3n) is 1.88. The van der Waals surface area contributed by atoms with Crippen LogP contribution in [0.4, 0.5) is 5.13 Å². The van der Waals surface area contributed by atoms with Crippen LogP contribution >= 0.6 is 23.1 Å². The molecule has 0 amide bonds. The van der Waals surface area contributed by atoms with E-state index in [1.165, 1.54) is 37.1 Å². The number of aliphatic hydroxyl groups is 1. The number of thiazole rings is 1. The monoisotopic (exact) mass is 262 g/mol. The number of nitrogens with two attached hydrogens (primary N) is 1. The molecule has 1 aromatic heterocycles. The van der Waals surface area contributed by atoms with Gasteiger partial charge >= 0.3 is 5.97 Å². The number of rotatable bonds is 4. The third-order valence-corrected chi connectivity index (χ3v) is 4.53. The van der Waals surface area contributed by atoms with E-state index in [-0.39, 0.29) is 5.75 Å². The number of hydrogen-bond donors (Lipinski definition) is 2. The summed E-state index contributed by atoms with van der Waals surface area (Å²) in [5, 5.41) is 10.3. The molecular formula is C9H14N2O3S2. The van der Waals surface area contributed by atoms with Gasteiger partial charge in [-0.1, -0.05) is 11.3 Å². The molecule has 0 saturated heterocycles. The first kappa shape index (κ1) is 13.3. The summed E-state index contributed by atoms with van der Waals surface area (Å²) in [7, 11) is 1.25. The van der Waals surface area contributed by atoms with Crippen molar-refractivity contribution in [2.45, 2.75) is 23.7 Å². The van der Waals surface area contributed by atoms with Crippen LogP contribution in [0.15, 0.2) is 4.21 Å². The predicted molar refractivity (Wildman–Crippen MR) is 64.6 cm³/mol. The molecule has 0 aliphatic carbocycles. The Kier molecular flexibility index (Phi) is 4.17. The maximum Gasteiger partial charge on any atom is 0.338 e. The van der Waals surface area contributed by atoms with Gasteiger partial charge in [0.15, 0.2) is 10.7 Å². The summed E-state index contributed by atoms with van der Waals surface area (Å²) in [6.45, 7) is 3.26. The van der Waals surface area contributed by atoms with Crippen LogP contribution < -0.4 is 5.73 Å². The molecule has 1 atom stereocenters. The second-order valence-electron chi connectivity index (χ2n) is 3.48. The van der Waals surface area contributed by atoms with E-state index in [9.17, 15) is 9.90 Å². The normalized spacial score (nSPS) is 14.5. The van der Waals surface area contributed by atoms with E-state index in [0.29, 0.717) is 5.13 Å². The third kappa shape index (κ3) is 3.10. The lowest BCUT2D eigenvalue weighted by Crippen LogP contribution is -2.38. The number of carbonyl (C=O) groups excluding carboxylic acids is 1. The number of esters is 1. The number of nitrogen functional groups attached to an aromatic ring is 1. The highest BCUT2D eigenvalue weighted by atomic mass is 32.2. The molecule has 0 spiro atoms. The van der Waals surface area contributed by atoms with E-state index in [1.807, 2.05) is 6.92 Å². The highest BCUT2D eigenvalue weighted by Crippen LogP contribution is 2.32. The molecule has 1 rings (SSSR count). The Balaban J connectivity index is 2.64. The van der Waals surface area contributed by atoms with Crippen molar-refractivity contribution in [3.05, 3.63) is 5.69 Å². The highest BCUT2D eigenvalue weighted by molar-refractivity contribution is 8.01. The van der Waals surface area contributed by atoms with Gasteiger partial charge in [-0.05, 0) is 13.8 Å². The Bertz CT molecular complexity index is 390. The van der Waals surface area contributed by atoms with Gasteiger partial charge in [0.2, 0.25) is 0 Å². The zero-order valence-corrected chi connectivity index (χ0v) is 10.9. The molecule has 7 heteroatoms. The molecule has 3 N–H and O–H groups in total. The van der Waals surface area contributed by atoms with Crippen molar-refractivity contribution >= 4 is 34.2 Å². The van der Waals surface area contributed by atoms with E-state index in [1.54, 1.807) is 0 Å². The Hall–Kier alpha value is -0.790. The number of carbonyl (C=O) groups is 1. The molecule has 0 aliphatic rings. The molecule has 1 unspecified atom stereocenters. The number of hydrogen-bond acceptors (Lipinski definition) is 7. The number of nitrogens with zero attached hydrogens (tertiary/aromatic N) is 1. The molecular weight excluding hydrogens is 248 g/mol. The Morgan fingerprint density at radius 2 is 2.38 bits per heavy atom. The predicted octanol–water partition coefficient (Wildman–Crippen LogP) is 1.05. The number of aryl methyl sites for hydroxylation is 1. The highest BCUT2D eigenvalue weighted by Gasteiger charge is 2.31. The molecule has 5 nitrogen and oxygen atoms in total. The van der Waals surface area contributed by atoms with Gasteiger partial charge in [0.05, 0.1) is 17.0 Å². The molecule has 16 heavy (non-hydrogen) atoms. The molecule has 1 heterocycles. The van der Waals surface area contributed by atoms with Crippen LogP contribution in [0, 0.1) is 6.92 Å². The van der Waals surface area contributed by atoms with Crippen molar-refractivity contribution in [2.24, 2.45) is 0 Å². The largest absolute Gasteiger partial charge is 0.467 e. The van der Waals surface area contributed by atoms with Crippen molar-refractivity contribution in [2.75, 3.05) is 18.6 Å². The average Bonchev–Trinajstić information content (AvgIpc) is 2.53. The molecule has 0 saturated carbocycles. The average molecular weight is 262 g/mol. The van der Waals surface area contributed by atoms with Crippen molar-refractivity contribution in [3.63, 3.8) is 0 Å². The van der Waals surface area contributed by atoms with Crippen LogP contribution in [0.25, 0.3) is 0 Å². The van der Waals surface area contributed by atoms with Gasteiger partial charge in [-0.2, -0.15) is 0 Å². The summed E-state index contributed by atoms with van der Waals surface area (Å²) in [5.41, 5.74) is 4.86. The Morgan fingerprint density at radius 3 is 2.81 bits per heavy atom. The molecule has 0 aromatic carbocycles. The first-order chi connectivity index (χ1) is 7.36. The SMILES string of the molecule is COC(=O)C(C)(O)CSc1sc(N)nc1C. The van der Waals surface area contributed by atoms with Gasteiger partial charge in [0, 0.05) is 5.75 Å². The molecule has 0 radical (unpaired) electrons. The summed E-state index contributed by atoms with van der Waals surface area (Å²) in [5.74, 6) is -0.433. The summed E-state index contributed by atoms with van der Waals surface area (Å²) in [6, 6.07) is 0. The fourth-order valence-electron chi connectivity index (χ4n) is 1.02. The fourth-order valence-corrected chi connectivity index (χ4v) is 3.04. The van der Waals surface area contributed by atoms with Gasteiger partial charge < -0.3 is 15.6 Å². The van der Waals surface area contributed by atoms with Gasteiger partial charge in [0.1, 0.15) is 0 Å². The summed E-state index contributed by atoms with van der Waals surface area (Å²) in [4.78, 5) is 15.3. The Morgan fingerprint density at radius 1 is 1.75 bits per heavy atom. The second kappa shape index (κ2) is 5.03. The minimum atomic E-state index is -1.50. The van der Waals surface area contributed by atoms with E-state index in [0.717, 1.165) is 9.90 Å². The Labute approximate surface area is 102 Å². The minimum absolute atomic E-state index is 0.210. The fraction of sp³-hybridized carbons (Fsp3) is 0.556. The number of aromatic nitrogens is 1. The van der Waals surface area contributed by atoms with Crippen molar-refractivity contribution in [1.29, 1.82) is 0 Å². The molecule has 90 valence electrons. The second-order valence-corrected chi connectivity index (χ2v) is 5.75. The lowest BCUT2D eigenvalue weighted by Gasteiger charge is -2.18. The molecule has 1 aromatic rings. The number of anilines is 1. The summed E-state index contributed by atoms with van der Waals surface area (Å²) < 4.78 is 5.40. The van der Waals surface area contributed by atoms with Gasteiger partial charge in [0.25, 0.3) is 0 Å². The lowest BCUT2D eigenvalue weighted by atomic mass is 10.1. The van der Waals surface area contributed by atoms with Crippen LogP contribution in [-0.2, 0) is 9.53 Å². The van der Waals surface area contributed by atoms with Gasteiger partial charge in [-0.3, -0.25) is 0 Å². The smallest absolute Gasteiger partial charge is 0.338 e.